The quantitative estimate of drug-likeness (QED) is 0.357. The molecule has 4 rings (SSSR count). The zero-order valence-corrected chi connectivity index (χ0v) is 19.7. The molecule has 0 saturated carbocycles. The third-order valence-corrected chi connectivity index (χ3v) is 5.45. The number of H-pyrrole nitrogens is 1. The highest BCUT2D eigenvalue weighted by molar-refractivity contribution is 5.76. The van der Waals surface area contributed by atoms with Crippen LogP contribution < -0.4 is 9.47 Å². The van der Waals surface area contributed by atoms with Crippen LogP contribution in [0.15, 0.2) is 72.9 Å². The Bertz CT molecular complexity index is 1250. The molecule has 34 heavy (non-hydrogen) atoms. The summed E-state index contributed by atoms with van der Waals surface area (Å²) in [6, 6.07) is 21.4. The fraction of sp³-hybridized carbons (Fsp3) is 0.222. The molecule has 0 bridgehead atoms. The van der Waals surface area contributed by atoms with Crippen molar-refractivity contribution in [1.29, 1.82) is 0 Å². The van der Waals surface area contributed by atoms with E-state index in [9.17, 15) is 4.79 Å². The molecule has 7 nitrogen and oxygen atoms in total. The summed E-state index contributed by atoms with van der Waals surface area (Å²) in [5, 5.41) is 0. The van der Waals surface area contributed by atoms with Crippen LogP contribution in [0.1, 0.15) is 13.8 Å². The van der Waals surface area contributed by atoms with Gasteiger partial charge in [0.25, 0.3) is 0 Å². The Hall–Kier alpha value is -4.13. The van der Waals surface area contributed by atoms with Gasteiger partial charge in [-0.3, -0.25) is 9.78 Å². The standard InChI is InChI=1S/C27H27N3O4/c1-27(2,26(31)33-4)17-34-21-13-10-18(11-14-21)22-15-12-20(16-28-22)24-29-23(25(30-24)32-3)19-8-6-5-7-9-19/h5-16H,17H2,1-4H3,(H,29,30). The molecule has 1 N–H and O–H groups in total. The van der Waals surface area contributed by atoms with Crippen LogP contribution in [-0.2, 0) is 9.53 Å². The predicted octanol–water partition coefficient (Wildman–Crippen LogP) is 5.39. The lowest BCUT2D eigenvalue weighted by atomic mass is 9.95. The first-order valence-corrected chi connectivity index (χ1v) is 10.9. The van der Waals surface area contributed by atoms with Crippen molar-refractivity contribution in [3.63, 3.8) is 0 Å². The summed E-state index contributed by atoms with van der Waals surface area (Å²) in [6.45, 7) is 3.80. The van der Waals surface area contributed by atoms with Gasteiger partial charge in [-0.25, -0.2) is 0 Å². The van der Waals surface area contributed by atoms with Gasteiger partial charge in [-0.05, 0) is 50.2 Å². The fourth-order valence-corrected chi connectivity index (χ4v) is 3.47. The van der Waals surface area contributed by atoms with Crippen LogP contribution in [0.4, 0.5) is 0 Å². The van der Waals surface area contributed by atoms with E-state index in [1.807, 2.05) is 66.7 Å². The lowest BCUT2D eigenvalue weighted by Gasteiger charge is -2.21. The lowest BCUT2D eigenvalue weighted by Crippen LogP contribution is -2.32. The van der Waals surface area contributed by atoms with E-state index < -0.39 is 5.41 Å². The number of carbonyl (C=O) groups is 1. The summed E-state index contributed by atoms with van der Waals surface area (Å²) in [5.74, 6) is 1.59. The van der Waals surface area contributed by atoms with Gasteiger partial charge in [-0.1, -0.05) is 30.3 Å². The first-order chi connectivity index (χ1) is 16.4. The molecule has 0 spiro atoms. The highest BCUT2D eigenvalue weighted by atomic mass is 16.5. The Morgan fingerprint density at radius 1 is 0.912 bits per heavy atom. The summed E-state index contributed by atoms with van der Waals surface area (Å²) < 4.78 is 16.1. The van der Waals surface area contributed by atoms with Crippen LogP contribution in [0.2, 0.25) is 0 Å². The number of aromatic amines is 1. The molecule has 4 aromatic rings. The van der Waals surface area contributed by atoms with Crippen LogP contribution >= 0.6 is 0 Å². The molecule has 0 aliphatic carbocycles. The van der Waals surface area contributed by atoms with Crippen molar-refractivity contribution in [1.82, 2.24) is 15.0 Å². The molecule has 0 saturated heterocycles. The number of nitrogens with zero attached hydrogens (tertiary/aromatic N) is 2. The molecule has 174 valence electrons. The molecule has 0 aliphatic heterocycles. The predicted molar refractivity (Wildman–Crippen MR) is 131 cm³/mol. The number of imidazole rings is 1. The van der Waals surface area contributed by atoms with E-state index in [-0.39, 0.29) is 12.6 Å². The van der Waals surface area contributed by atoms with E-state index in [0.717, 1.165) is 28.1 Å². The number of nitrogens with one attached hydrogen (secondary N) is 1. The fourth-order valence-electron chi connectivity index (χ4n) is 3.47. The first kappa shape index (κ1) is 23.0. The zero-order chi connectivity index (χ0) is 24.1. The van der Waals surface area contributed by atoms with Crippen molar-refractivity contribution in [3.05, 3.63) is 72.9 Å². The Balaban J connectivity index is 1.48. The smallest absolute Gasteiger partial charge is 0.314 e. The highest BCUT2D eigenvalue weighted by Gasteiger charge is 2.29. The van der Waals surface area contributed by atoms with Crippen molar-refractivity contribution in [3.8, 4) is 45.5 Å². The zero-order valence-electron chi connectivity index (χ0n) is 19.7. The molecular formula is C27H27N3O4. The summed E-state index contributed by atoms with van der Waals surface area (Å²) >= 11 is 0. The summed E-state index contributed by atoms with van der Waals surface area (Å²) in [5.41, 5.74) is 3.74. The van der Waals surface area contributed by atoms with E-state index in [0.29, 0.717) is 17.5 Å². The first-order valence-electron chi connectivity index (χ1n) is 10.9. The van der Waals surface area contributed by atoms with E-state index in [2.05, 4.69) is 15.0 Å². The summed E-state index contributed by atoms with van der Waals surface area (Å²) in [7, 11) is 2.99. The molecule has 2 heterocycles. The SMILES string of the molecule is COC(=O)C(C)(C)COc1ccc(-c2ccc(-c3nc(OC)c(-c4ccccc4)[nH]3)cn2)cc1. The van der Waals surface area contributed by atoms with Gasteiger partial charge in [0.1, 0.15) is 23.9 Å². The van der Waals surface area contributed by atoms with Crippen molar-refractivity contribution >= 4 is 5.97 Å². The average molecular weight is 458 g/mol. The molecule has 0 atom stereocenters. The molecular weight excluding hydrogens is 430 g/mol. The molecule has 2 aromatic carbocycles. The maximum absolute atomic E-state index is 11.8. The van der Waals surface area contributed by atoms with Crippen LogP contribution in [0.25, 0.3) is 33.9 Å². The Kier molecular flexibility index (Phi) is 6.63. The largest absolute Gasteiger partial charge is 0.492 e. The van der Waals surface area contributed by atoms with Gasteiger partial charge in [0, 0.05) is 22.9 Å². The number of hydrogen-bond donors (Lipinski definition) is 1. The Morgan fingerprint density at radius 3 is 2.24 bits per heavy atom. The van der Waals surface area contributed by atoms with Gasteiger partial charge < -0.3 is 19.2 Å². The van der Waals surface area contributed by atoms with Crippen LogP contribution in [0.5, 0.6) is 11.6 Å². The molecule has 0 radical (unpaired) electrons. The van der Waals surface area contributed by atoms with E-state index in [1.165, 1.54) is 7.11 Å². The van der Waals surface area contributed by atoms with Gasteiger partial charge in [0.05, 0.1) is 25.3 Å². The van der Waals surface area contributed by atoms with Crippen LogP contribution in [-0.4, -0.2) is 41.7 Å². The number of aromatic nitrogens is 3. The number of hydrogen-bond acceptors (Lipinski definition) is 6. The number of pyridine rings is 1. The third kappa shape index (κ3) is 4.93. The average Bonchev–Trinajstić information content (AvgIpc) is 3.32. The van der Waals surface area contributed by atoms with Crippen LogP contribution in [0.3, 0.4) is 0 Å². The second kappa shape index (κ2) is 9.79. The second-order valence-corrected chi connectivity index (χ2v) is 8.46. The second-order valence-electron chi connectivity index (χ2n) is 8.46. The number of esters is 1. The van der Waals surface area contributed by atoms with Crippen molar-refractivity contribution in [2.45, 2.75) is 13.8 Å². The maximum atomic E-state index is 11.8. The minimum absolute atomic E-state index is 0.226. The van der Waals surface area contributed by atoms with E-state index in [4.69, 9.17) is 14.2 Å². The summed E-state index contributed by atoms with van der Waals surface area (Å²) in [4.78, 5) is 24.3. The number of carbonyl (C=O) groups excluding carboxylic acids is 1. The number of rotatable bonds is 8. The lowest BCUT2D eigenvalue weighted by molar-refractivity contribution is -0.152. The van der Waals surface area contributed by atoms with Gasteiger partial charge in [0.2, 0.25) is 5.88 Å². The molecule has 7 heteroatoms. The van der Waals surface area contributed by atoms with Crippen molar-refractivity contribution < 1.29 is 19.0 Å². The van der Waals surface area contributed by atoms with Crippen molar-refractivity contribution in [2.24, 2.45) is 5.41 Å². The van der Waals surface area contributed by atoms with E-state index in [1.54, 1.807) is 27.2 Å². The molecule has 0 amide bonds. The van der Waals surface area contributed by atoms with E-state index >= 15 is 0 Å². The van der Waals surface area contributed by atoms with Crippen LogP contribution in [0, 0.1) is 5.41 Å². The molecule has 0 aliphatic rings. The monoisotopic (exact) mass is 457 g/mol. The number of methoxy groups -OCH3 is 2. The van der Waals surface area contributed by atoms with Gasteiger partial charge in [0.15, 0.2) is 0 Å². The van der Waals surface area contributed by atoms with Gasteiger partial charge >= 0.3 is 5.97 Å². The normalized spacial score (nSPS) is 11.2. The number of ether oxygens (including phenoxy) is 3. The maximum Gasteiger partial charge on any atom is 0.314 e. The number of benzene rings is 2. The summed E-state index contributed by atoms with van der Waals surface area (Å²) in [6.07, 6.45) is 1.78. The molecule has 2 aromatic heterocycles. The minimum Gasteiger partial charge on any atom is -0.492 e. The van der Waals surface area contributed by atoms with Crippen molar-refractivity contribution in [2.75, 3.05) is 20.8 Å². The third-order valence-electron chi connectivity index (χ3n) is 5.45. The molecule has 0 unspecified atom stereocenters. The minimum atomic E-state index is -0.723. The van der Waals surface area contributed by atoms with Gasteiger partial charge in [-0.2, -0.15) is 4.98 Å². The highest BCUT2D eigenvalue weighted by Crippen LogP contribution is 2.31. The van der Waals surface area contributed by atoms with Gasteiger partial charge in [-0.15, -0.1) is 0 Å². The Labute approximate surface area is 198 Å². The Morgan fingerprint density at radius 2 is 1.62 bits per heavy atom. The topological polar surface area (TPSA) is 86.3 Å². The molecule has 0 fully saturated rings.